The van der Waals surface area contributed by atoms with Gasteiger partial charge in [-0.1, -0.05) is 31.0 Å². The van der Waals surface area contributed by atoms with Crippen LogP contribution >= 0.6 is 0 Å². The SMILES string of the molecule is CN(C(=O)[C@@H]1CCCC[C@@H]1C(=O)[O-])c1ccccc1. The number of nitrogens with zero attached hydrogens (tertiary/aromatic N) is 1. The number of carbonyl (C=O) groups excluding carboxylic acids is 2. The molecule has 4 nitrogen and oxygen atoms in total. The van der Waals surface area contributed by atoms with E-state index in [1.807, 2.05) is 30.3 Å². The second kappa shape index (κ2) is 5.87. The van der Waals surface area contributed by atoms with Crippen molar-refractivity contribution in [3.8, 4) is 0 Å². The molecule has 1 aliphatic carbocycles. The molecule has 0 unspecified atom stereocenters. The number of anilines is 1. The van der Waals surface area contributed by atoms with Gasteiger partial charge in [-0.2, -0.15) is 0 Å². The second-order valence-corrected chi connectivity index (χ2v) is 5.05. The van der Waals surface area contributed by atoms with Gasteiger partial charge in [0.25, 0.3) is 0 Å². The molecule has 0 spiro atoms. The molecule has 0 bridgehead atoms. The highest BCUT2D eigenvalue weighted by Gasteiger charge is 2.33. The van der Waals surface area contributed by atoms with Crippen LogP contribution in [0.3, 0.4) is 0 Å². The number of hydrogen-bond acceptors (Lipinski definition) is 3. The molecule has 1 saturated carbocycles. The predicted octanol–water partition coefficient (Wildman–Crippen LogP) is 1.21. The van der Waals surface area contributed by atoms with E-state index in [2.05, 4.69) is 0 Å². The Bertz CT molecular complexity index is 458. The summed E-state index contributed by atoms with van der Waals surface area (Å²) in [4.78, 5) is 25.1. The number of aliphatic carboxylic acids is 1. The summed E-state index contributed by atoms with van der Waals surface area (Å²) in [6.45, 7) is 0. The summed E-state index contributed by atoms with van der Waals surface area (Å²) >= 11 is 0. The molecular formula is C15H18NO3-. The third-order valence-corrected chi connectivity index (χ3v) is 3.86. The molecule has 102 valence electrons. The maximum Gasteiger partial charge on any atom is 0.230 e. The van der Waals surface area contributed by atoms with Crippen molar-refractivity contribution >= 4 is 17.6 Å². The van der Waals surface area contributed by atoms with Crippen molar-refractivity contribution in [1.29, 1.82) is 0 Å². The van der Waals surface area contributed by atoms with Crippen LogP contribution in [0.25, 0.3) is 0 Å². The van der Waals surface area contributed by atoms with Gasteiger partial charge >= 0.3 is 0 Å². The van der Waals surface area contributed by atoms with E-state index in [1.165, 1.54) is 0 Å². The van der Waals surface area contributed by atoms with Gasteiger partial charge in [0.15, 0.2) is 0 Å². The van der Waals surface area contributed by atoms with Gasteiger partial charge < -0.3 is 14.8 Å². The van der Waals surface area contributed by atoms with Gasteiger partial charge in [-0.15, -0.1) is 0 Å². The summed E-state index contributed by atoms with van der Waals surface area (Å²) < 4.78 is 0. The van der Waals surface area contributed by atoms with Crippen LogP contribution in [0.1, 0.15) is 25.7 Å². The van der Waals surface area contributed by atoms with E-state index in [9.17, 15) is 14.7 Å². The second-order valence-electron chi connectivity index (χ2n) is 5.05. The van der Waals surface area contributed by atoms with E-state index >= 15 is 0 Å². The Morgan fingerprint density at radius 3 is 2.26 bits per heavy atom. The summed E-state index contributed by atoms with van der Waals surface area (Å²) in [6, 6.07) is 9.28. The van der Waals surface area contributed by atoms with Gasteiger partial charge in [-0.05, 0) is 25.0 Å². The van der Waals surface area contributed by atoms with Gasteiger partial charge in [-0.3, -0.25) is 4.79 Å². The van der Waals surface area contributed by atoms with Crippen molar-refractivity contribution in [1.82, 2.24) is 0 Å². The standard InChI is InChI=1S/C15H19NO3/c1-16(11-7-3-2-4-8-11)14(17)12-9-5-6-10-13(12)15(18)19/h2-4,7-8,12-13H,5-6,9-10H2,1H3,(H,18,19)/p-1/t12-,13+/m1/s1. The van der Waals surface area contributed by atoms with Crippen LogP contribution in [-0.4, -0.2) is 18.9 Å². The Labute approximate surface area is 113 Å². The number of carboxylic acids is 1. The van der Waals surface area contributed by atoms with Crippen LogP contribution in [0, 0.1) is 11.8 Å². The molecule has 0 heterocycles. The Hall–Kier alpha value is -1.84. The van der Waals surface area contributed by atoms with Crippen LogP contribution < -0.4 is 10.0 Å². The number of carbonyl (C=O) groups is 2. The van der Waals surface area contributed by atoms with Crippen molar-refractivity contribution in [2.45, 2.75) is 25.7 Å². The van der Waals surface area contributed by atoms with Gasteiger partial charge in [0.2, 0.25) is 5.91 Å². The van der Waals surface area contributed by atoms with Gasteiger partial charge in [0, 0.05) is 30.5 Å². The highest BCUT2D eigenvalue weighted by atomic mass is 16.4. The summed E-state index contributed by atoms with van der Waals surface area (Å²) in [5.41, 5.74) is 0.787. The molecule has 2 atom stereocenters. The van der Waals surface area contributed by atoms with E-state index in [1.54, 1.807) is 11.9 Å². The number of para-hydroxylation sites is 1. The van der Waals surface area contributed by atoms with Crippen molar-refractivity contribution in [2.24, 2.45) is 11.8 Å². The fraction of sp³-hybridized carbons (Fsp3) is 0.467. The first-order valence-corrected chi connectivity index (χ1v) is 6.64. The van der Waals surface area contributed by atoms with Crippen molar-refractivity contribution in [2.75, 3.05) is 11.9 Å². The predicted molar refractivity (Wildman–Crippen MR) is 70.3 cm³/mol. The van der Waals surface area contributed by atoms with Gasteiger partial charge in [0.05, 0.1) is 0 Å². The monoisotopic (exact) mass is 260 g/mol. The summed E-state index contributed by atoms with van der Waals surface area (Å²) in [5.74, 6) is -2.32. The summed E-state index contributed by atoms with van der Waals surface area (Å²) in [7, 11) is 1.69. The first-order chi connectivity index (χ1) is 9.11. The van der Waals surface area contributed by atoms with E-state index in [4.69, 9.17) is 0 Å². The van der Waals surface area contributed by atoms with Crippen molar-refractivity contribution in [3.05, 3.63) is 30.3 Å². The average Bonchev–Trinajstić information content (AvgIpc) is 2.46. The van der Waals surface area contributed by atoms with E-state index in [0.29, 0.717) is 12.8 Å². The van der Waals surface area contributed by atoms with E-state index in [-0.39, 0.29) is 5.91 Å². The lowest BCUT2D eigenvalue weighted by molar-refractivity contribution is -0.313. The number of amides is 1. The zero-order valence-electron chi connectivity index (χ0n) is 11.0. The molecule has 0 aliphatic heterocycles. The highest BCUT2D eigenvalue weighted by Crippen LogP contribution is 2.32. The molecule has 0 N–H and O–H groups in total. The average molecular weight is 260 g/mol. The van der Waals surface area contributed by atoms with Crippen LogP contribution in [0.15, 0.2) is 30.3 Å². The third-order valence-electron chi connectivity index (χ3n) is 3.86. The fourth-order valence-electron chi connectivity index (χ4n) is 2.74. The minimum Gasteiger partial charge on any atom is -0.550 e. The quantitative estimate of drug-likeness (QED) is 0.820. The maximum absolute atomic E-state index is 12.4. The lowest BCUT2D eigenvalue weighted by atomic mass is 9.78. The number of rotatable bonds is 3. The molecule has 0 aromatic heterocycles. The van der Waals surface area contributed by atoms with Crippen LogP contribution in [0.5, 0.6) is 0 Å². The Balaban J connectivity index is 2.15. The minimum absolute atomic E-state index is 0.125. The first-order valence-electron chi connectivity index (χ1n) is 6.64. The normalized spacial score (nSPS) is 22.8. The molecule has 2 rings (SSSR count). The molecule has 1 amide bonds. The molecule has 19 heavy (non-hydrogen) atoms. The third kappa shape index (κ3) is 2.95. The molecule has 0 saturated heterocycles. The Morgan fingerprint density at radius 1 is 1.11 bits per heavy atom. The van der Waals surface area contributed by atoms with Gasteiger partial charge in [-0.25, -0.2) is 0 Å². The zero-order chi connectivity index (χ0) is 13.8. The smallest absolute Gasteiger partial charge is 0.230 e. The lowest BCUT2D eigenvalue weighted by Gasteiger charge is -2.33. The fourth-order valence-corrected chi connectivity index (χ4v) is 2.74. The molecule has 1 aromatic rings. The molecule has 4 heteroatoms. The first kappa shape index (κ1) is 13.6. The van der Waals surface area contributed by atoms with Crippen LogP contribution in [0.2, 0.25) is 0 Å². The molecule has 0 radical (unpaired) electrons. The Kier molecular flexibility index (Phi) is 4.20. The maximum atomic E-state index is 12.4. The number of carboxylic acid groups (broad SMARTS) is 1. The van der Waals surface area contributed by atoms with Gasteiger partial charge in [0.1, 0.15) is 0 Å². The molecular weight excluding hydrogens is 242 g/mol. The number of hydrogen-bond donors (Lipinski definition) is 0. The largest absolute Gasteiger partial charge is 0.550 e. The minimum atomic E-state index is -1.10. The molecule has 1 aliphatic rings. The van der Waals surface area contributed by atoms with E-state index in [0.717, 1.165) is 18.5 Å². The molecule has 1 aromatic carbocycles. The van der Waals surface area contributed by atoms with Crippen LogP contribution in [0.4, 0.5) is 5.69 Å². The summed E-state index contributed by atoms with van der Waals surface area (Å²) in [6.07, 6.45) is 2.94. The number of benzene rings is 1. The van der Waals surface area contributed by atoms with E-state index < -0.39 is 17.8 Å². The lowest BCUT2D eigenvalue weighted by Crippen LogP contribution is -2.45. The van der Waals surface area contributed by atoms with Crippen molar-refractivity contribution < 1.29 is 14.7 Å². The molecule has 1 fully saturated rings. The van der Waals surface area contributed by atoms with Crippen molar-refractivity contribution in [3.63, 3.8) is 0 Å². The zero-order valence-corrected chi connectivity index (χ0v) is 11.0. The van der Waals surface area contributed by atoms with Crippen LogP contribution in [-0.2, 0) is 9.59 Å². The Morgan fingerprint density at radius 2 is 1.68 bits per heavy atom. The topological polar surface area (TPSA) is 60.4 Å². The highest BCUT2D eigenvalue weighted by molar-refractivity contribution is 5.96. The summed E-state index contributed by atoms with van der Waals surface area (Å²) in [5, 5.41) is 11.1.